The van der Waals surface area contributed by atoms with Gasteiger partial charge in [-0.25, -0.2) is 0 Å². The number of hydrogen-bond acceptors (Lipinski definition) is 2. The molecule has 0 aromatic carbocycles. The summed E-state index contributed by atoms with van der Waals surface area (Å²) in [6, 6.07) is 0.371. The van der Waals surface area contributed by atoms with Crippen LogP contribution in [0.15, 0.2) is 6.20 Å². The second-order valence-corrected chi connectivity index (χ2v) is 4.99. The Labute approximate surface area is 92.9 Å². The molecule has 0 fully saturated rings. The predicted octanol–water partition coefficient (Wildman–Crippen LogP) is 2.48. The molecule has 0 radical (unpaired) electrons. The van der Waals surface area contributed by atoms with E-state index in [1.165, 1.54) is 11.3 Å². The molecular formula is C12H23N3. The zero-order valence-electron chi connectivity index (χ0n) is 10.8. The summed E-state index contributed by atoms with van der Waals surface area (Å²) in [6.07, 6.45) is 3.02. The standard InChI is InChI=1S/C12H23N3/c1-7-11-10(9(2)13-6)8-14-15(11)12(3,4)5/h8-9,13H,7H2,1-6H3. The van der Waals surface area contributed by atoms with Gasteiger partial charge in [-0.1, -0.05) is 6.92 Å². The van der Waals surface area contributed by atoms with Crippen LogP contribution in [0, 0.1) is 0 Å². The second-order valence-electron chi connectivity index (χ2n) is 4.99. The van der Waals surface area contributed by atoms with Crippen LogP contribution in [0.25, 0.3) is 0 Å². The van der Waals surface area contributed by atoms with Crippen molar-refractivity contribution in [2.45, 2.75) is 52.6 Å². The average molecular weight is 209 g/mol. The van der Waals surface area contributed by atoms with E-state index >= 15 is 0 Å². The summed E-state index contributed by atoms with van der Waals surface area (Å²) in [5.41, 5.74) is 2.72. The zero-order valence-corrected chi connectivity index (χ0v) is 10.8. The van der Waals surface area contributed by atoms with Crippen molar-refractivity contribution in [3.8, 4) is 0 Å². The Morgan fingerprint density at radius 3 is 2.47 bits per heavy atom. The first-order valence-electron chi connectivity index (χ1n) is 5.66. The SMILES string of the molecule is CCc1c(C(C)NC)cnn1C(C)(C)C. The molecule has 1 aromatic heterocycles. The van der Waals surface area contributed by atoms with Crippen molar-refractivity contribution in [3.05, 3.63) is 17.5 Å². The van der Waals surface area contributed by atoms with Crippen LogP contribution in [-0.4, -0.2) is 16.8 Å². The smallest absolute Gasteiger partial charge is 0.0546 e. The van der Waals surface area contributed by atoms with E-state index in [1.807, 2.05) is 13.2 Å². The Kier molecular flexibility index (Phi) is 3.55. The van der Waals surface area contributed by atoms with E-state index in [-0.39, 0.29) is 5.54 Å². The van der Waals surface area contributed by atoms with E-state index in [1.54, 1.807) is 0 Å². The summed E-state index contributed by atoms with van der Waals surface area (Å²) in [5.74, 6) is 0. The first-order valence-corrected chi connectivity index (χ1v) is 5.66. The highest BCUT2D eigenvalue weighted by atomic mass is 15.3. The highest BCUT2D eigenvalue weighted by Crippen LogP contribution is 2.23. The molecule has 1 heterocycles. The molecule has 1 rings (SSSR count). The average Bonchev–Trinajstić information content (AvgIpc) is 2.59. The lowest BCUT2D eigenvalue weighted by Crippen LogP contribution is -2.26. The van der Waals surface area contributed by atoms with Crippen LogP contribution in [0.4, 0.5) is 0 Å². The van der Waals surface area contributed by atoms with Gasteiger partial charge in [-0.15, -0.1) is 0 Å². The Bertz CT molecular complexity index is 320. The molecule has 1 aromatic rings. The van der Waals surface area contributed by atoms with Crippen LogP contribution in [-0.2, 0) is 12.0 Å². The summed E-state index contributed by atoms with van der Waals surface area (Å²) in [4.78, 5) is 0. The van der Waals surface area contributed by atoms with E-state index in [0.29, 0.717) is 6.04 Å². The quantitative estimate of drug-likeness (QED) is 0.829. The Morgan fingerprint density at radius 2 is 2.07 bits per heavy atom. The van der Waals surface area contributed by atoms with Crippen LogP contribution >= 0.6 is 0 Å². The lowest BCUT2D eigenvalue weighted by Gasteiger charge is -2.23. The van der Waals surface area contributed by atoms with E-state index in [4.69, 9.17) is 0 Å². The topological polar surface area (TPSA) is 29.9 Å². The molecule has 0 aliphatic rings. The van der Waals surface area contributed by atoms with Gasteiger partial charge in [0.15, 0.2) is 0 Å². The fourth-order valence-electron chi connectivity index (χ4n) is 1.84. The van der Waals surface area contributed by atoms with Gasteiger partial charge in [0.25, 0.3) is 0 Å². The Hall–Kier alpha value is -0.830. The normalized spacial score (nSPS) is 14.3. The van der Waals surface area contributed by atoms with Crippen LogP contribution in [0.3, 0.4) is 0 Å². The zero-order chi connectivity index (χ0) is 11.6. The van der Waals surface area contributed by atoms with E-state index < -0.39 is 0 Å². The molecule has 0 saturated carbocycles. The van der Waals surface area contributed by atoms with Crippen LogP contribution in [0.2, 0.25) is 0 Å². The van der Waals surface area contributed by atoms with Gasteiger partial charge in [-0.3, -0.25) is 4.68 Å². The molecule has 1 N–H and O–H groups in total. The third kappa shape index (κ3) is 2.40. The maximum atomic E-state index is 4.50. The molecule has 0 amide bonds. The maximum Gasteiger partial charge on any atom is 0.0546 e. The summed E-state index contributed by atoms with van der Waals surface area (Å²) >= 11 is 0. The number of aromatic nitrogens is 2. The van der Waals surface area contributed by atoms with E-state index in [0.717, 1.165) is 6.42 Å². The lowest BCUT2D eigenvalue weighted by molar-refractivity contribution is 0.343. The summed E-state index contributed by atoms with van der Waals surface area (Å²) in [7, 11) is 1.98. The molecule has 0 saturated heterocycles. The van der Waals surface area contributed by atoms with Gasteiger partial charge in [0.05, 0.1) is 11.7 Å². The molecule has 86 valence electrons. The molecule has 0 bridgehead atoms. The van der Waals surface area contributed by atoms with Gasteiger partial charge in [0, 0.05) is 17.3 Å². The van der Waals surface area contributed by atoms with E-state index in [9.17, 15) is 0 Å². The number of nitrogens with one attached hydrogen (secondary N) is 1. The molecule has 1 unspecified atom stereocenters. The van der Waals surface area contributed by atoms with Crippen molar-refractivity contribution in [2.24, 2.45) is 0 Å². The van der Waals surface area contributed by atoms with Crippen LogP contribution in [0.1, 0.15) is 51.9 Å². The summed E-state index contributed by atoms with van der Waals surface area (Å²) < 4.78 is 2.14. The highest BCUT2D eigenvalue weighted by molar-refractivity contribution is 5.22. The second kappa shape index (κ2) is 4.35. The largest absolute Gasteiger partial charge is 0.313 e. The third-order valence-corrected chi connectivity index (χ3v) is 2.77. The van der Waals surface area contributed by atoms with Crippen molar-refractivity contribution in [1.82, 2.24) is 15.1 Å². The van der Waals surface area contributed by atoms with Gasteiger partial charge < -0.3 is 5.32 Å². The van der Waals surface area contributed by atoms with Crippen molar-refractivity contribution >= 4 is 0 Å². The summed E-state index contributed by atoms with van der Waals surface area (Å²) in [5, 5.41) is 7.77. The van der Waals surface area contributed by atoms with Gasteiger partial charge in [-0.2, -0.15) is 5.10 Å². The number of nitrogens with zero attached hydrogens (tertiary/aromatic N) is 2. The molecule has 3 heteroatoms. The van der Waals surface area contributed by atoms with Crippen LogP contribution in [0.5, 0.6) is 0 Å². The van der Waals surface area contributed by atoms with Crippen LogP contribution < -0.4 is 5.32 Å². The minimum Gasteiger partial charge on any atom is -0.313 e. The molecule has 3 nitrogen and oxygen atoms in total. The fourth-order valence-corrected chi connectivity index (χ4v) is 1.84. The lowest BCUT2D eigenvalue weighted by atomic mass is 10.0. The van der Waals surface area contributed by atoms with Gasteiger partial charge in [0.1, 0.15) is 0 Å². The first-order chi connectivity index (χ1) is 6.91. The summed E-state index contributed by atoms with van der Waals surface area (Å²) in [6.45, 7) is 10.9. The Balaban J connectivity index is 3.17. The van der Waals surface area contributed by atoms with Crippen molar-refractivity contribution < 1.29 is 0 Å². The van der Waals surface area contributed by atoms with Crippen molar-refractivity contribution in [3.63, 3.8) is 0 Å². The maximum absolute atomic E-state index is 4.50. The highest BCUT2D eigenvalue weighted by Gasteiger charge is 2.21. The molecule has 0 spiro atoms. The minimum atomic E-state index is 0.0665. The van der Waals surface area contributed by atoms with Crippen molar-refractivity contribution in [2.75, 3.05) is 7.05 Å². The fraction of sp³-hybridized carbons (Fsp3) is 0.750. The van der Waals surface area contributed by atoms with Gasteiger partial charge >= 0.3 is 0 Å². The van der Waals surface area contributed by atoms with Crippen molar-refractivity contribution in [1.29, 1.82) is 0 Å². The minimum absolute atomic E-state index is 0.0665. The molecule has 0 aliphatic heterocycles. The molecule has 15 heavy (non-hydrogen) atoms. The Morgan fingerprint density at radius 1 is 1.47 bits per heavy atom. The van der Waals surface area contributed by atoms with Gasteiger partial charge in [0.2, 0.25) is 0 Å². The van der Waals surface area contributed by atoms with E-state index in [2.05, 4.69) is 49.7 Å². The van der Waals surface area contributed by atoms with Gasteiger partial charge in [-0.05, 0) is 41.2 Å². The monoisotopic (exact) mass is 209 g/mol. The number of hydrogen-bond donors (Lipinski definition) is 1. The number of rotatable bonds is 3. The predicted molar refractivity (Wildman–Crippen MR) is 64.1 cm³/mol. The molecular weight excluding hydrogens is 186 g/mol. The molecule has 0 aliphatic carbocycles. The first kappa shape index (κ1) is 12.2. The molecule has 1 atom stereocenters. The third-order valence-electron chi connectivity index (χ3n) is 2.77.